The summed E-state index contributed by atoms with van der Waals surface area (Å²) in [7, 11) is 0. The molecule has 0 saturated heterocycles. The molecule has 0 aliphatic heterocycles. The van der Waals surface area contributed by atoms with Crippen molar-refractivity contribution in [3.63, 3.8) is 0 Å². The summed E-state index contributed by atoms with van der Waals surface area (Å²) < 4.78 is 5.19. The van der Waals surface area contributed by atoms with Crippen LogP contribution < -0.4 is 16.4 Å². The zero-order chi connectivity index (χ0) is 23.5. The lowest BCUT2D eigenvalue weighted by Gasteiger charge is -2.21. The number of ether oxygens (including phenoxy) is 1. The van der Waals surface area contributed by atoms with Gasteiger partial charge in [-0.1, -0.05) is 84.9 Å². The SMILES string of the molecule is C[C@@H](N[C@H](CCCNC(=O)OCc1ccccc1)C(N)=O)c1ccc(-c2ccccc2)cc1. The van der Waals surface area contributed by atoms with Crippen molar-refractivity contribution in [1.82, 2.24) is 10.6 Å². The number of alkyl carbamates (subject to hydrolysis) is 1. The van der Waals surface area contributed by atoms with E-state index in [9.17, 15) is 9.59 Å². The Morgan fingerprint density at radius 3 is 2.12 bits per heavy atom. The molecule has 0 spiro atoms. The van der Waals surface area contributed by atoms with E-state index in [1.165, 1.54) is 0 Å². The standard InChI is InChI=1S/C27H31N3O3/c1-20(22-14-16-24(17-15-22)23-11-6-3-7-12-23)30-25(26(28)31)13-8-18-29-27(32)33-19-21-9-4-2-5-10-21/h2-7,9-12,14-17,20,25,30H,8,13,18-19H2,1H3,(H2,28,31)(H,29,32)/t20-,25-/m1/s1. The van der Waals surface area contributed by atoms with Gasteiger partial charge in [0.2, 0.25) is 5.91 Å². The monoisotopic (exact) mass is 445 g/mol. The number of carbonyl (C=O) groups excluding carboxylic acids is 2. The number of hydrogen-bond donors (Lipinski definition) is 3. The molecule has 3 rings (SSSR count). The first kappa shape index (κ1) is 24.0. The zero-order valence-electron chi connectivity index (χ0n) is 18.9. The van der Waals surface area contributed by atoms with E-state index in [-0.39, 0.29) is 12.6 Å². The smallest absolute Gasteiger partial charge is 0.407 e. The van der Waals surface area contributed by atoms with Crippen LogP contribution in [0, 0.1) is 0 Å². The average molecular weight is 446 g/mol. The number of nitrogens with one attached hydrogen (secondary N) is 2. The van der Waals surface area contributed by atoms with E-state index in [4.69, 9.17) is 10.5 Å². The second-order valence-corrected chi connectivity index (χ2v) is 7.96. The van der Waals surface area contributed by atoms with Crippen LogP contribution >= 0.6 is 0 Å². The maximum absolute atomic E-state index is 11.9. The normalized spacial score (nSPS) is 12.5. The summed E-state index contributed by atoms with van der Waals surface area (Å²) in [5.74, 6) is -0.408. The first-order valence-corrected chi connectivity index (χ1v) is 11.2. The molecule has 0 radical (unpaired) electrons. The molecule has 2 atom stereocenters. The van der Waals surface area contributed by atoms with Gasteiger partial charge in [0.15, 0.2) is 0 Å². The third-order valence-electron chi connectivity index (χ3n) is 5.46. The molecule has 172 valence electrons. The maximum atomic E-state index is 11.9. The van der Waals surface area contributed by atoms with Crippen LogP contribution in [-0.2, 0) is 16.1 Å². The van der Waals surface area contributed by atoms with E-state index in [0.29, 0.717) is 19.4 Å². The molecule has 3 aromatic carbocycles. The number of carbonyl (C=O) groups is 2. The van der Waals surface area contributed by atoms with Crippen molar-refractivity contribution < 1.29 is 14.3 Å². The van der Waals surface area contributed by atoms with Gasteiger partial charge >= 0.3 is 6.09 Å². The minimum atomic E-state index is -0.490. The Hall–Kier alpha value is -3.64. The molecule has 0 saturated carbocycles. The van der Waals surface area contributed by atoms with Crippen molar-refractivity contribution in [3.05, 3.63) is 96.1 Å². The molecule has 0 unspecified atom stereocenters. The predicted octanol–water partition coefficient (Wildman–Crippen LogP) is 4.56. The van der Waals surface area contributed by atoms with Gasteiger partial charge in [-0.15, -0.1) is 0 Å². The molecule has 6 nitrogen and oxygen atoms in total. The fourth-order valence-electron chi connectivity index (χ4n) is 3.57. The average Bonchev–Trinajstić information content (AvgIpc) is 2.85. The van der Waals surface area contributed by atoms with E-state index in [2.05, 4.69) is 47.0 Å². The molecule has 0 bridgehead atoms. The number of rotatable bonds is 11. The van der Waals surface area contributed by atoms with Crippen LogP contribution in [-0.4, -0.2) is 24.6 Å². The maximum Gasteiger partial charge on any atom is 0.407 e. The molecule has 0 fully saturated rings. The molecule has 33 heavy (non-hydrogen) atoms. The highest BCUT2D eigenvalue weighted by atomic mass is 16.5. The van der Waals surface area contributed by atoms with Crippen LogP contribution in [0.25, 0.3) is 11.1 Å². The molecule has 0 aromatic heterocycles. The fourth-order valence-corrected chi connectivity index (χ4v) is 3.57. The van der Waals surface area contributed by atoms with Crippen molar-refractivity contribution in [2.45, 2.75) is 38.5 Å². The van der Waals surface area contributed by atoms with Crippen LogP contribution in [0.4, 0.5) is 4.79 Å². The molecule has 2 amide bonds. The molecular weight excluding hydrogens is 414 g/mol. The second-order valence-electron chi connectivity index (χ2n) is 7.96. The molecule has 0 heterocycles. The van der Waals surface area contributed by atoms with Crippen LogP contribution in [0.1, 0.15) is 36.9 Å². The molecule has 0 aliphatic rings. The van der Waals surface area contributed by atoms with Gasteiger partial charge in [0, 0.05) is 12.6 Å². The number of nitrogens with two attached hydrogens (primary N) is 1. The van der Waals surface area contributed by atoms with Gasteiger partial charge in [-0.25, -0.2) is 4.79 Å². The zero-order valence-corrected chi connectivity index (χ0v) is 18.9. The van der Waals surface area contributed by atoms with Crippen LogP contribution in [0.3, 0.4) is 0 Å². The Morgan fingerprint density at radius 2 is 1.48 bits per heavy atom. The van der Waals surface area contributed by atoms with Gasteiger partial charge in [-0.2, -0.15) is 0 Å². The third kappa shape index (κ3) is 7.77. The van der Waals surface area contributed by atoms with E-state index < -0.39 is 18.0 Å². The molecule has 3 aromatic rings. The summed E-state index contributed by atoms with van der Waals surface area (Å²) >= 11 is 0. The van der Waals surface area contributed by atoms with E-state index in [1.807, 2.05) is 55.5 Å². The van der Waals surface area contributed by atoms with Gasteiger partial charge in [-0.05, 0) is 42.0 Å². The lowest BCUT2D eigenvalue weighted by atomic mass is 10.0. The Kier molecular flexibility index (Phi) is 9.03. The Morgan fingerprint density at radius 1 is 0.879 bits per heavy atom. The second kappa shape index (κ2) is 12.4. The lowest BCUT2D eigenvalue weighted by molar-refractivity contribution is -0.120. The molecule has 4 N–H and O–H groups in total. The van der Waals surface area contributed by atoms with Crippen LogP contribution in [0.5, 0.6) is 0 Å². The van der Waals surface area contributed by atoms with Crippen molar-refractivity contribution in [2.75, 3.05) is 6.54 Å². The minimum absolute atomic E-state index is 0.0453. The van der Waals surface area contributed by atoms with Gasteiger partial charge in [0.25, 0.3) is 0 Å². The minimum Gasteiger partial charge on any atom is -0.445 e. The fraction of sp³-hybridized carbons (Fsp3) is 0.259. The van der Waals surface area contributed by atoms with E-state index in [1.54, 1.807) is 0 Å². The molecular formula is C27H31N3O3. The topological polar surface area (TPSA) is 93.4 Å². The first-order chi connectivity index (χ1) is 16.0. The van der Waals surface area contributed by atoms with Crippen LogP contribution in [0.15, 0.2) is 84.9 Å². The molecule has 6 heteroatoms. The Labute approximate surface area is 195 Å². The number of hydrogen-bond acceptors (Lipinski definition) is 4. The summed E-state index contributed by atoms with van der Waals surface area (Å²) in [6, 6.07) is 27.4. The first-order valence-electron chi connectivity index (χ1n) is 11.2. The van der Waals surface area contributed by atoms with Crippen molar-refractivity contribution in [3.8, 4) is 11.1 Å². The number of primary amides is 1. The number of benzene rings is 3. The van der Waals surface area contributed by atoms with Gasteiger partial charge in [0.05, 0.1) is 6.04 Å². The van der Waals surface area contributed by atoms with Crippen molar-refractivity contribution in [2.24, 2.45) is 5.73 Å². The van der Waals surface area contributed by atoms with Crippen molar-refractivity contribution >= 4 is 12.0 Å². The highest BCUT2D eigenvalue weighted by molar-refractivity contribution is 5.79. The highest BCUT2D eigenvalue weighted by Crippen LogP contribution is 2.22. The predicted molar refractivity (Wildman–Crippen MR) is 130 cm³/mol. The summed E-state index contributed by atoms with van der Waals surface area (Å²) in [5.41, 5.74) is 9.91. The van der Waals surface area contributed by atoms with Gasteiger partial charge < -0.3 is 15.8 Å². The van der Waals surface area contributed by atoms with E-state index >= 15 is 0 Å². The van der Waals surface area contributed by atoms with Crippen LogP contribution in [0.2, 0.25) is 0 Å². The van der Waals surface area contributed by atoms with Gasteiger partial charge in [0.1, 0.15) is 6.61 Å². The summed E-state index contributed by atoms with van der Waals surface area (Å²) in [5, 5.41) is 6.02. The highest BCUT2D eigenvalue weighted by Gasteiger charge is 2.18. The Bertz CT molecular complexity index is 1010. The third-order valence-corrected chi connectivity index (χ3v) is 5.46. The van der Waals surface area contributed by atoms with Gasteiger partial charge in [-0.3, -0.25) is 10.1 Å². The summed E-state index contributed by atoms with van der Waals surface area (Å²) in [6.07, 6.45) is 0.635. The largest absolute Gasteiger partial charge is 0.445 e. The van der Waals surface area contributed by atoms with E-state index in [0.717, 1.165) is 22.3 Å². The van der Waals surface area contributed by atoms with Crippen molar-refractivity contribution in [1.29, 1.82) is 0 Å². The molecule has 0 aliphatic carbocycles. The number of amides is 2. The lowest BCUT2D eigenvalue weighted by Crippen LogP contribution is -2.43. The summed E-state index contributed by atoms with van der Waals surface area (Å²) in [6.45, 7) is 2.63. The quantitative estimate of drug-likeness (QED) is 0.377. The summed E-state index contributed by atoms with van der Waals surface area (Å²) in [4.78, 5) is 23.8. The Balaban J connectivity index is 1.42.